The molecule has 0 heterocycles. The van der Waals surface area contributed by atoms with Crippen LogP contribution in [0.5, 0.6) is 5.75 Å². The summed E-state index contributed by atoms with van der Waals surface area (Å²) >= 11 is 0. The molecular formula is C40H25F3O3S. The van der Waals surface area contributed by atoms with Crippen molar-refractivity contribution in [2.75, 3.05) is 0 Å². The summed E-state index contributed by atoms with van der Waals surface area (Å²) in [7, 11) is -5.81. The van der Waals surface area contributed by atoms with Crippen LogP contribution < -0.4 is 4.18 Å². The molecule has 7 aromatic carbocycles. The van der Waals surface area contributed by atoms with Gasteiger partial charge >= 0.3 is 15.6 Å². The molecule has 1 aliphatic rings. The molecule has 0 aromatic heterocycles. The summed E-state index contributed by atoms with van der Waals surface area (Å²) in [4.78, 5) is 0. The summed E-state index contributed by atoms with van der Waals surface area (Å²) in [5, 5.41) is 4.59. The number of rotatable bonds is 5. The third-order valence-electron chi connectivity index (χ3n) is 9.11. The smallest absolute Gasteiger partial charge is 0.376 e. The molecule has 0 N–H and O–H groups in total. The van der Waals surface area contributed by atoms with Crippen molar-refractivity contribution in [3.05, 3.63) is 174 Å². The Kier molecular flexibility index (Phi) is 6.53. The summed E-state index contributed by atoms with van der Waals surface area (Å²) < 4.78 is 67.1. The Hall–Kier alpha value is -5.40. The van der Waals surface area contributed by atoms with Crippen LogP contribution in [-0.2, 0) is 15.5 Å². The van der Waals surface area contributed by atoms with E-state index >= 15 is 0 Å². The van der Waals surface area contributed by atoms with Gasteiger partial charge in [-0.15, -0.1) is 0 Å². The van der Waals surface area contributed by atoms with Crippen LogP contribution in [0.1, 0.15) is 22.3 Å². The third kappa shape index (κ3) is 4.45. The summed E-state index contributed by atoms with van der Waals surface area (Å²) in [6.45, 7) is 0. The van der Waals surface area contributed by atoms with E-state index in [1.807, 2.05) is 48.5 Å². The van der Waals surface area contributed by atoms with Gasteiger partial charge in [-0.25, -0.2) is 0 Å². The molecule has 7 heteroatoms. The van der Waals surface area contributed by atoms with Crippen molar-refractivity contribution in [2.45, 2.75) is 10.9 Å². The molecule has 0 spiro atoms. The SMILES string of the molecule is O=S(=O)(Oc1ccc(C2(c3ccc(-c4c5ccccc5cc5ccccc45)cc3)c3ccccc3-c3ccccc32)cc1)C(F)(F)F. The lowest BCUT2D eigenvalue weighted by atomic mass is 9.67. The zero-order valence-electron chi connectivity index (χ0n) is 24.7. The van der Waals surface area contributed by atoms with Gasteiger partial charge in [-0.2, -0.15) is 21.6 Å². The van der Waals surface area contributed by atoms with Gasteiger partial charge in [0.1, 0.15) is 5.75 Å². The maximum atomic E-state index is 13.1. The minimum Gasteiger partial charge on any atom is -0.376 e. The maximum absolute atomic E-state index is 13.1. The van der Waals surface area contributed by atoms with Gasteiger partial charge in [0.15, 0.2) is 0 Å². The first-order valence-electron chi connectivity index (χ1n) is 15.0. The van der Waals surface area contributed by atoms with Crippen molar-refractivity contribution < 1.29 is 25.8 Å². The second-order valence-corrected chi connectivity index (χ2v) is 13.2. The Balaban J connectivity index is 1.34. The van der Waals surface area contributed by atoms with E-state index in [1.54, 1.807) is 12.1 Å². The fraction of sp³-hybridized carbons (Fsp3) is 0.0500. The number of halogens is 3. The van der Waals surface area contributed by atoms with E-state index in [2.05, 4.69) is 83.0 Å². The second kappa shape index (κ2) is 10.6. The Morgan fingerprint density at radius 1 is 0.532 bits per heavy atom. The van der Waals surface area contributed by atoms with Gasteiger partial charge in [-0.1, -0.05) is 133 Å². The Morgan fingerprint density at radius 2 is 0.979 bits per heavy atom. The summed E-state index contributed by atoms with van der Waals surface area (Å²) in [6, 6.07) is 49.4. The zero-order chi connectivity index (χ0) is 32.4. The first kappa shape index (κ1) is 29.0. The second-order valence-electron chi connectivity index (χ2n) is 11.6. The van der Waals surface area contributed by atoms with Crippen molar-refractivity contribution in [1.82, 2.24) is 0 Å². The first-order chi connectivity index (χ1) is 22.7. The fourth-order valence-electron chi connectivity index (χ4n) is 7.17. The Morgan fingerprint density at radius 3 is 1.49 bits per heavy atom. The van der Waals surface area contributed by atoms with Crippen molar-refractivity contribution in [2.24, 2.45) is 0 Å². The van der Waals surface area contributed by atoms with E-state index in [1.165, 1.54) is 12.1 Å². The molecule has 0 saturated heterocycles. The van der Waals surface area contributed by atoms with Gasteiger partial charge in [0.05, 0.1) is 5.41 Å². The van der Waals surface area contributed by atoms with Gasteiger partial charge in [0, 0.05) is 0 Å². The number of alkyl halides is 3. The van der Waals surface area contributed by atoms with Crippen LogP contribution in [0.15, 0.2) is 152 Å². The van der Waals surface area contributed by atoms with E-state index < -0.39 is 26.8 Å². The van der Waals surface area contributed by atoms with Crippen LogP contribution in [0.4, 0.5) is 13.2 Å². The average molecular weight is 643 g/mol. The van der Waals surface area contributed by atoms with E-state index in [0.717, 1.165) is 66.1 Å². The number of hydrogen-bond donors (Lipinski definition) is 0. The van der Waals surface area contributed by atoms with E-state index in [4.69, 9.17) is 0 Å². The Bertz CT molecular complexity index is 2330. The average Bonchev–Trinajstić information content (AvgIpc) is 3.38. The molecule has 0 saturated carbocycles. The minimum atomic E-state index is -5.81. The third-order valence-corrected chi connectivity index (χ3v) is 10.1. The van der Waals surface area contributed by atoms with Crippen LogP contribution >= 0.6 is 0 Å². The summed E-state index contributed by atoms with van der Waals surface area (Å²) in [5.41, 5.74) is 1.66. The minimum absolute atomic E-state index is 0.418. The van der Waals surface area contributed by atoms with Gasteiger partial charge in [-0.05, 0) is 84.3 Å². The topological polar surface area (TPSA) is 43.4 Å². The number of benzene rings is 7. The lowest BCUT2D eigenvalue weighted by Crippen LogP contribution is -2.29. The normalized spacial score (nSPS) is 13.8. The van der Waals surface area contributed by atoms with E-state index in [9.17, 15) is 21.6 Å². The highest BCUT2D eigenvalue weighted by Crippen LogP contribution is 2.56. The highest BCUT2D eigenvalue weighted by Gasteiger charge is 2.49. The lowest BCUT2D eigenvalue weighted by molar-refractivity contribution is -0.0500. The molecule has 8 rings (SSSR count). The van der Waals surface area contributed by atoms with E-state index in [-0.39, 0.29) is 0 Å². The fourth-order valence-corrected chi connectivity index (χ4v) is 7.63. The van der Waals surface area contributed by atoms with Crippen LogP contribution in [0.3, 0.4) is 0 Å². The highest BCUT2D eigenvalue weighted by atomic mass is 32.2. The van der Waals surface area contributed by atoms with Gasteiger partial charge in [-0.3, -0.25) is 0 Å². The molecule has 0 fully saturated rings. The lowest BCUT2D eigenvalue weighted by Gasteiger charge is -2.34. The van der Waals surface area contributed by atoms with Crippen molar-refractivity contribution in [3.63, 3.8) is 0 Å². The van der Waals surface area contributed by atoms with Gasteiger partial charge < -0.3 is 4.18 Å². The highest BCUT2D eigenvalue weighted by molar-refractivity contribution is 7.88. The summed E-state index contributed by atoms with van der Waals surface area (Å²) in [5.74, 6) is -0.418. The van der Waals surface area contributed by atoms with Crippen LogP contribution in [0.2, 0.25) is 0 Å². The van der Waals surface area contributed by atoms with Gasteiger partial charge in [0.25, 0.3) is 0 Å². The molecule has 230 valence electrons. The van der Waals surface area contributed by atoms with Crippen molar-refractivity contribution in [1.29, 1.82) is 0 Å². The van der Waals surface area contributed by atoms with Crippen LogP contribution in [-0.4, -0.2) is 13.9 Å². The molecule has 1 aliphatic carbocycles. The molecule has 7 aromatic rings. The van der Waals surface area contributed by atoms with E-state index in [0.29, 0.717) is 0 Å². The van der Waals surface area contributed by atoms with Crippen molar-refractivity contribution >= 4 is 31.7 Å². The first-order valence-corrected chi connectivity index (χ1v) is 16.4. The number of fused-ring (bicyclic) bond motifs is 5. The van der Waals surface area contributed by atoms with Crippen LogP contribution in [0, 0.1) is 0 Å². The molecule has 3 nitrogen and oxygen atoms in total. The molecular weight excluding hydrogens is 617 g/mol. The molecule has 0 aliphatic heterocycles. The predicted octanol–water partition coefficient (Wildman–Crippen LogP) is 10.3. The largest absolute Gasteiger partial charge is 0.534 e. The molecule has 0 amide bonds. The molecule has 0 unspecified atom stereocenters. The molecule has 47 heavy (non-hydrogen) atoms. The maximum Gasteiger partial charge on any atom is 0.534 e. The van der Waals surface area contributed by atoms with Gasteiger partial charge in [0.2, 0.25) is 0 Å². The van der Waals surface area contributed by atoms with Crippen LogP contribution in [0.25, 0.3) is 43.8 Å². The molecule has 0 bridgehead atoms. The monoisotopic (exact) mass is 642 g/mol. The molecule has 0 radical (unpaired) electrons. The Labute approximate surface area is 269 Å². The summed E-state index contributed by atoms with van der Waals surface area (Å²) in [6.07, 6.45) is 0. The van der Waals surface area contributed by atoms with Crippen molar-refractivity contribution in [3.8, 4) is 28.0 Å². The zero-order valence-corrected chi connectivity index (χ0v) is 25.5. The quantitative estimate of drug-likeness (QED) is 0.107. The predicted molar refractivity (Wildman–Crippen MR) is 180 cm³/mol. The number of hydrogen-bond acceptors (Lipinski definition) is 3. The standard InChI is InChI=1S/C40H25F3O3S/c41-40(42,43)47(44,45)46-31-23-21-30(22-24-31)39(36-15-7-5-13-34(36)35-14-6-8-16-37(35)39)29-19-17-26(18-20-29)38-32-11-3-1-9-27(32)25-28-10-2-4-12-33(28)38/h1-25H. The molecule has 0 atom stereocenters.